The van der Waals surface area contributed by atoms with Gasteiger partial charge in [0.1, 0.15) is 18.0 Å². The largest absolute Gasteiger partial charge is 0.338 e. The smallest absolute Gasteiger partial charge is 0.319 e. The Bertz CT molecular complexity index is 997. The summed E-state index contributed by atoms with van der Waals surface area (Å²) in [7, 11) is 0. The van der Waals surface area contributed by atoms with Crippen LogP contribution in [0.4, 0.5) is 14.9 Å². The second-order valence-electron chi connectivity index (χ2n) is 7.05. The van der Waals surface area contributed by atoms with Gasteiger partial charge in [0.25, 0.3) is 5.91 Å². The van der Waals surface area contributed by atoms with Gasteiger partial charge < -0.3 is 15.5 Å². The fourth-order valence-corrected chi connectivity index (χ4v) is 3.36. The molecule has 0 bridgehead atoms. The van der Waals surface area contributed by atoms with Crippen molar-refractivity contribution in [2.24, 2.45) is 0 Å². The number of aromatic nitrogens is 3. The van der Waals surface area contributed by atoms with E-state index in [2.05, 4.69) is 20.6 Å². The lowest BCUT2D eigenvalue weighted by atomic mass is 10.0. The Morgan fingerprint density at radius 3 is 2.47 bits per heavy atom. The number of rotatable bonds is 4. The van der Waals surface area contributed by atoms with Crippen LogP contribution in [0.25, 0.3) is 5.82 Å². The van der Waals surface area contributed by atoms with Crippen LogP contribution in [0.3, 0.4) is 0 Å². The molecule has 0 spiro atoms. The second kappa shape index (κ2) is 8.73. The quantitative estimate of drug-likeness (QED) is 0.694. The predicted molar refractivity (Wildman–Crippen MR) is 109 cm³/mol. The number of piperidine rings is 1. The average molecular weight is 408 g/mol. The van der Waals surface area contributed by atoms with Gasteiger partial charge in [-0.3, -0.25) is 9.36 Å². The van der Waals surface area contributed by atoms with Crippen molar-refractivity contribution < 1.29 is 14.0 Å². The van der Waals surface area contributed by atoms with Gasteiger partial charge >= 0.3 is 6.03 Å². The zero-order valence-corrected chi connectivity index (χ0v) is 16.2. The lowest BCUT2D eigenvalue weighted by Gasteiger charge is -2.32. The third-order valence-electron chi connectivity index (χ3n) is 4.98. The van der Waals surface area contributed by atoms with E-state index in [0.29, 0.717) is 43.0 Å². The van der Waals surface area contributed by atoms with Crippen molar-refractivity contribution in [3.63, 3.8) is 0 Å². The molecule has 1 aliphatic heterocycles. The number of urea groups is 1. The summed E-state index contributed by atoms with van der Waals surface area (Å²) in [4.78, 5) is 34.9. The molecule has 3 amide bonds. The van der Waals surface area contributed by atoms with Gasteiger partial charge in [0.2, 0.25) is 0 Å². The fourth-order valence-electron chi connectivity index (χ4n) is 3.36. The molecule has 2 aromatic heterocycles. The number of likely N-dealkylation sites (tertiary alicyclic amines) is 1. The van der Waals surface area contributed by atoms with Gasteiger partial charge in [-0.05, 0) is 49.2 Å². The predicted octanol–water partition coefficient (Wildman–Crippen LogP) is 2.83. The zero-order chi connectivity index (χ0) is 20.9. The average Bonchev–Trinajstić information content (AvgIpc) is 3.30. The van der Waals surface area contributed by atoms with Crippen molar-refractivity contribution in [1.82, 2.24) is 24.8 Å². The molecule has 1 saturated heterocycles. The van der Waals surface area contributed by atoms with Crippen molar-refractivity contribution in [2.75, 3.05) is 18.4 Å². The van der Waals surface area contributed by atoms with Crippen molar-refractivity contribution in [3.05, 3.63) is 72.7 Å². The third kappa shape index (κ3) is 4.62. The molecule has 9 heteroatoms. The molecule has 2 N–H and O–H groups in total. The molecule has 0 radical (unpaired) electrons. The molecular formula is C21H21FN6O2. The molecular weight excluding hydrogens is 387 g/mol. The van der Waals surface area contributed by atoms with E-state index in [-0.39, 0.29) is 23.8 Å². The Balaban J connectivity index is 1.27. The van der Waals surface area contributed by atoms with Crippen molar-refractivity contribution >= 4 is 17.6 Å². The number of nitrogens with zero attached hydrogens (tertiary/aromatic N) is 4. The lowest BCUT2D eigenvalue weighted by Crippen LogP contribution is -2.47. The summed E-state index contributed by atoms with van der Waals surface area (Å²) in [6, 6.07) is 8.74. The number of nitrogens with one attached hydrogen (secondary N) is 2. The lowest BCUT2D eigenvalue weighted by molar-refractivity contribution is 0.0708. The first-order chi connectivity index (χ1) is 14.6. The molecule has 3 heterocycles. The van der Waals surface area contributed by atoms with Crippen LogP contribution in [0.1, 0.15) is 23.2 Å². The van der Waals surface area contributed by atoms with Crippen LogP contribution in [0.2, 0.25) is 0 Å². The maximum Gasteiger partial charge on any atom is 0.319 e. The Morgan fingerprint density at radius 2 is 1.83 bits per heavy atom. The number of benzene rings is 1. The summed E-state index contributed by atoms with van der Waals surface area (Å²) < 4.78 is 14.7. The number of imidazole rings is 1. The number of carbonyl (C=O) groups excluding carboxylic acids is 2. The van der Waals surface area contributed by atoms with Crippen molar-refractivity contribution in [3.8, 4) is 5.82 Å². The Hall–Kier alpha value is -3.75. The highest BCUT2D eigenvalue weighted by Gasteiger charge is 2.25. The number of halogens is 1. The standard InChI is InChI=1S/C21H21FN6O2/c22-16-2-4-17(5-3-16)25-21(30)26-18-7-10-27(11-8-18)20(29)15-1-6-19(24-13-15)28-12-9-23-14-28/h1-6,9,12-14,18H,7-8,10-11H2,(H2,25,26,30). The first kappa shape index (κ1) is 19.6. The van der Waals surface area contributed by atoms with Gasteiger partial charge in [-0.1, -0.05) is 0 Å². The molecule has 4 rings (SSSR count). The van der Waals surface area contributed by atoms with Gasteiger partial charge in [-0.25, -0.2) is 19.2 Å². The SMILES string of the molecule is O=C(Nc1ccc(F)cc1)NC1CCN(C(=O)c2ccc(-n3ccnc3)nc2)CC1. The summed E-state index contributed by atoms with van der Waals surface area (Å²) in [6.07, 6.45) is 7.98. The first-order valence-corrected chi connectivity index (χ1v) is 9.65. The van der Waals surface area contributed by atoms with Crippen LogP contribution in [-0.2, 0) is 0 Å². The van der Waals surface area contributed by atoms with Crippen LogP contribution in [0.15, 0.2) is 61.3 Å². The monoisotopic (exact) mass is 408 g/mol. The molecule has 1 aromatic carbocycles. The Kier molecular flexibility index (Phi) is 5.69. The van der Waals surface area contributed by atoms with Crippen molar-refractivity contribution in [2.45, 2.75) is 18.9 Å². The summed E-state index contributed by atoms with van der Waals surface area (Å²) in [5.74, 6) is 0.262. The Morgan fingerprint density at radius 1 is 1.07 bits per heavy atom. The fraction of sp³-hybridized carbons (Fsp3) is 0.238. The second-order valence-corrected chi connectivity index (χ2v) is 7.05. The topological polar surface area (TPSA) is 92.2 Å². The summed E-state index contributed by atoms with van der Waals surface area (Å²) in [6.45, 7) is 1.09. The maximum atomic E-state index is 12.9. The number of hydrogen-bond donors (Lipinski definition) is 2. The van der Waals surface area contributed by atoms with E-state index in [1.54, 1.807) is 46.5 Å². The maximum absolute atomic E-state index is 12.9. The van der Waals surface area contributed by atoms with E-state index in [1.165, 1.54) is 24.3 Å². The highest BCUT2D eigenvalue weighted by molar-refractivity contribution is 5.94. The first-order valence-electron chi connectivity index (χ1n) is 9.65. The molecule has 3 aromatic rings. The van der Waals surface area contributed by atoms with Crippen LogP contribution in [0, 0.1) is 5.82 Å². The molecule has 0 unspecified atom stereocenters. The third-order valence-corrected chi connectivity index (χ3v) is 4.98. The van der Waals surface area contributed by atoms with Gasteiger partial charge in [0.15, 0.2) is 0 Å². The normalized spacial score (nSPS) is 14.4. The Labute approximate surface area is 172 Å². The molecule has 0 aliphatic carbocycles. The van der Waals surface area contributed by atoms with Crippen LogP contribution < -0.4 is 10.6 Å². The van der Waals surface area contributed by atoms with Gasteiger partial charge in [-0.2, -0.15) is 0 Å². The van der Waals surface area contributed by atoms with Gasteiger partial charge in [0.05, 0.1) is 5.56 Å². The summed E-state index contributed by atoms with van der Waals surface area (Å²) >= 11 is 0. The van der Waals surface area contributed by atoms with Gasteiger partial charge in [0, 0.05) is 43.4 Å². The van der Waals surface area contributed by atoms with E-state index in [4.69, 9.17) is 0 Å². The molecule has 30 heavy (non-hydrogen) atoms. The minimum atomic E-state index is -0.357. The number of amides is 3. The molecule has 0 saturated carbocycles. The number of carbonyl (C=O) groups is 2. The van der Waals surface area contributed by atoms with E-state index in [0.717, 1.165) is 0 Å². The van der Waals surface area contributed by atoms with E-state index < -0.39 is 0 Å². The molecule has 8 nitrogen and oxygen atoms in total. The summed E-state index contributed by atoms with van der Waals surface area (Å²) in [5.41, 5.74) is 1.05. The number of hydrogen-bond acceptors (Lipinski definition) is 4. The highest BCUT2D eigenvalue weighted by Crippen LogP contribution is 2.15. The van der Waals surface area contributed by atoms with E-state index >= 15 is 0 Å². The minimum absolute atomic E-state index is 0.0313. The molecule has 1 fully saturated rings. The van der Waals surface area contributed by atoms with E-state index in [1.807, 2.05) is 0 Å². The minimum Gasteiger partial charge on any atom is -0.338 e. The van der Waals surface area contributed by atoms with Gasteiger partial charge in [-0.15, -0.1) is 0 Å². The molecule has 1 aliphatic rings. The zero-order valence-electron chi connectivity index (χ0n) is 16.2. The summed E-state index contributed by atoms with van der Waals surface area (Å²) in [5, 5.41) is 5.58. The van der Waals surface area contributed by atoms with Crippen LogP contribution >= 0.6 is 0 Å². The van der Waals surface area contributed by atoms with Crippen molar-refractivity contribution in [1.29, 1.82) is 0 Å². The number of anilines is 1. The van der Waals surface area contributed by atoms with Crippen LogP contribution in [0.5, 0.6) is 0 Å². The molecule has 154 valence electrons. The highest BCUT2D eigenvalue weighted by atomic mass is 19.1. The van der Waals surface area contributed by atoms with Crippen LogP contribution in [-0.4, -0.2) is 50.5 Å². The van der Waals surface area contributed by atoms with E-state index in [9.17, 15) is 14.0 Å². The number of pyridine rings is 1. The molecule has 0 atom stereocenters.